The van der Waals surface area contributed by atoms with Gasteiger partial charge in [-0.25, -0.2) is 0 Å². The molecule has 0 aliphatic heterocycles. The second kappa shape index (κ2) is 6.77. The van der Waals surface area contributed by atoms with Crippen LogP contribution in [0.3, 0.4) is 0 Å². The first-order valence-corrected chi connectivity index (χ1v) is 6.65. The minimum atomic E-state index is 0.465. The van der Waals surface area contributed by atoms with Crippen LogP contribution in [-0.4, -0.2) is 15.8 Å². The predicted octanol–water partition coefficient (Wildman–Crippen LogP) is 3.10. The molecule has 0 saturated carbocycles. The third-order valence-corrected chi connectivity index (χ3v) is 3.01. The fourth-order valence-corrected chi connectivity index (χ4v) is 1.81. The number of benzene rings is 1. The molecule has 0 bridgehead atoms. The van der Waals surface area contributed by atoms with Gasteiger partial charge in [0, 0.05) is 23.6 Å². The van der Waals surface area contributed by atoms with Gasteiger partial charge in [-0.1, -0.05) is 18.2 Å². The van der Waals surface area contributed by atoms with E-state index < -0.39 is 0 Å². The zero-order chi connectivity index (χ0) is 14.4. The number of para-hydroxylation sites is 1. The molecule has 2 aromatic rings. The van der Waals surface area contributed by atoms with E-state index in [0.717, 1.165) is 22.5 Å². The Morgan fingerprint density at radius 2 is 1.85 bits per heavy atom. The number of nitrogens with one attached hydrogen (secondary N) is 2. The van der Waals surface area contributed by atoms with Crippen LogP contribution < -0.4 is 10.7 Å². The van der Waals surface area contributed by atoms with Crippen molar-refractivity contribution in [3.8, 4) is 0 Å². The average Bonchev–Trinajstić information content (AvgIpc) is 2.48. The number of rotatable bonds is 3. The van der Waals surface area contributed by atoms with Gasteiger partial charge in [-0.3, -0.25) is 10.4 Å². The van der Waals surface area contributed by atoms with Gasteiger partial charge in [0.25, 0.3) is 0 Å². The minimum absolute atomic E-state index is 0.465. The first-order valence-electron chi connectivity index (χ1n) is 6.24. The number of thiocarbonyl (C=S) groups is 1. The van der Waals surface area contributed by atoms with Crippen LogP contribution >= 0.6 is 12.2 Å². The van der Waals surface area contributed by atoms with Gasteiger partial charge in [-0.2, -0.15) is 5.10 Å². The number of nitrogens with zero attached hydrogens (tertiary/aromatic N) is 2. The summed E-state index contributed by atoms with van der Waals surface area (Å²) in [5, 5.41) is 7.84. The summed E-state index contributed by atoms with van der Waals surface area (Å²) in [6, 6.07) is 11.8. The van der Waals surface area contributed by atoms with Crippen molar-refractivity contribution >= 4 is 28.7 Å². The van der Waals surface area contributed by atoms with Crippen molar-refractivity contribution < 1.29 is 0 Å². The average molecular weight is 284 g/mol. The lowest BCUT2D eigenvalue weighted by molar-refractivity contribution is 1.04. The number of anilines is 1. The summed E-state index contributed by atoms with van der Waals surface area (Å²) in [4.78, 5) is 3.98. The Bertz CT molecular complexity index is 623. The van der Waals surface area contributed by atoms with E-state index in [1.165, 1.54) is 0 Å². The molecule has 5 heteroatoms. The first-order chi connectivity index (χ1) is 9.66. The number of aromatic nitrogens is 1. The molecule has 1 aromatic heterocycles. The van der Waals surface area contributed by atoms with Gasteiger partial charge in [0.2, 0.25) is 0 Å². The van der Waals surface area contributed by atoms with E-state index in [9.17, 15) is 0 Å². The standard InChI is InChI=1S/C15H16N4S/c1-11-5-3-4-6-14(11)17-15(20)19-18-12(2)13-7-9-16-10-8-13/h3-10H,1-2H3,(H2,17,19,20)/b18-12-. The van der Waals surface area contributed by atoms with Crippen molar-refractivity contribution in [1.29, 1.82) is 0 Å². The maximum atomic E-state index is 5.22. The summed E-state index contributed by atoms with van der Waals surface area (Å²) in [6.45, 7) is 3.94. The van der Waals surface area contributed by atoms with Gasteiger partial charge >= 0.3 is 0 Å². The summed E-state index contributed by atoms with van der Waals surface area (Å²) < 4.78 is 0. The molecule has 0 radical (unpaired) electrons. The normalized spacial score (nSPS) is 11.0. The van der Waals surface area contributed by atoms with Crippen LogP contribution in [0.15, 0.2) is 53.9 Å². The van der Waals surface area contributed by atoms with Crippen LogP contribution in [0.1, 0.15) is 18.1 Å². The number of hydrazone groups is 1. The Hall–Kier alpha value is -2.27. The van der Waals surface area contributed by atoms with Crippen LogP contribution in [0.25, 0.3) is 0 Å². The maximum Gasteiger partial charge on any atom is 0.191 e. The highest BCUT2D eigenvalue weighted by Gasteiger charge is 2.00. The highest BCUT2D eigenvalue weighted by atomic mass is 32.1. The predicted molar refractivity (Wildman–Crippen MR) is 87.0 cm³/mol. The van der Waals surface area contributed by atoms with Crippen molar-refractivity contribution in [3.63, 3.8) is 0 Å². The fraction of sp³-hybridized carbons (Fsp3) is 0.133. The molecule has 1 aromatic carbocycles. The Morgan fingerprint density at radius 3 is 2.55 bits per heavy atom. The SMILES string of the molecule is C/C(=N/NC(=S)Nc1ccccc1C)c1ccncc1. The maximum absolute atomic E-state index is 5.22. The molecule has 0 fully saturated rings. The lowest BCUT2D eigenvalue weighted by Gasteiger charge is -2.10. The van der Waals surface area contributed by atoms with E-state index >= 15 is 0 Å². The lowest BCUT2D eigenvalue weighted by Crippen LogP contribution is -2.25. The minimum Gasteiger partial charge on any atom is -0.331 e. The molecule has 0 saturated heterocycles. The molecule has 0 spiro atoms. The third kappa shape index (κ3) is 3.86. The number of hydrogen-bond acceptors (Lipinski definition) is 3. The topological polar surface area (TPSA) is 49.3 Å². The summed E-state index contributed by atoms with van der Waals surface area (Å²) in [5.41, 5.74) is 6.80. The van der Waals surface area contributed by atoms with E-state index in [1.807, 2.05) is 50.2 Å². The Labute approximate surface area is 123 Å². The summed E-state index contributed by atoms with van der Waals surface area (Å²) in [5.74, 6) is 0. The van der Waals surface area contributed by atoms with Crippen molar-refractivity contribution in [1.82, 2.24) is 10.4 Å². The Balaban J connectivity index is 1.97. The molecule has 0 unspecified atom stereocenters. The summed E-state index contributed by atoms with van der Waals surface area (Å²) >= 11 is 5.22. The summed E-state index contributed by atoms with van der Waals surface area (Å²) in [7, 11) is 0. The van der Waals surface area contributed by atoms with E-state index in [1.54, 1.807) is 12.4 Å². The highest BCUT2D eigenvalue weighted by Crippen LogP contribution is 2.12. The quantitative estimate of drug-likeness (QED) is 0.516. The third-order valence-electron chi connectivity index (χ3n) is 2.82. The van der Waals surface area contributed by atoms with Crippen molar-refractivity contribution in [2.75, 3.05) is 5.32 Å². The molecule has 2 rings (SSSR count). The monoisotopic (exact) mass is 284 g/mol. The van der Waals surface area contributed by atoms with Gasteiger partial charge in [0.15, 0.2) is 5.11 Å². The van der Waals surface area contributed by atoms with Crippen molar-refractivity contribution in [3.05, 3.63) is 59.9 Å². The van der Waals surface area contributed by atoms with Crippen molar-refractivity contribution in [2.24, 2.45) is 5.10 Å². The zero-order valence-electron chi connectivity index (χ0n) is 11.4. The molecule has 4 nitrogen and oxygen atoms in total. The molecule has 102 valence electrons. The number of pyridine rings is 1. The largest absolute Gasteiger partial charge is 0.331 e. The zero-order valence-corrected chi connectivity index (χ0v) is 12.2. The van der Waals surface area contributed by atoms with Gasteiger partial charge in [-0.15, -0.1) is 0 Å². The highest BCUT2D eigenvalue weighted by molar-refractivity contribution is 7.80. The van der Waals surface area contributed by atoms with Crippen LogP contribution in [0.2, 0.25) is 0 Å². The molecule has 20 heavy (non-hydrogen) atoms. The van der Waals surface area contributed by atoms with Gasteiger partial charge < -0.3 is 5.32 Å². The van der Waals surface area contributed by atoms with E-state index in [2.05, 4.69) is 20.8 Å². The van der Waals surface area contributed by atoms with Crippen LogP contribution in [0, 0.1) is 6.92 Å². The van der Waals surface area contributed by atoms with Crippen LogP contribution in [-0.2, 0) is 0 Å². The molecular formula is C15H16N4S. The first kappa shape index (κ1) is 14.1. The lowest BCUT2D eigenvalue weighted by atomic mass is 10.2. The Morgan fingerprint density at radius 1 is 1.15 bits per heavy atom. The van der Waals surface area contributed by atoms with E-state index in [-0.39, 0.29) is 0 Å². The molecule has 0 amide bonds. The van der Waals surface area contributed by atoms with Crippen LogP contribution in [0.4, 0.5) is 5.69 Å². The van der Waals surface area contributed by atoms with E-state index in [4.69, 9.17) is 12.2 Å². The molecule has 0 atom stereocenters. The van der Waals surface area contributed by atoms with Gasteiger partial charge in [0.05, 0.1) is 5.71 Å². The molecule has 2 N–H and O–H groups in total. The Kier molecular flexibility index (Phi) is 4.79. The molecule has 1 heterocycles. The summed E-state index contributed by atoms with van der Waals surface area (Å²) in [6.07, 6.45) is 3.47. The molecule has 0 aliphatic carbocycles. The number of aryl methyl sites for hydroxylation is 1. The molecular weight excluding hydrogens is 268 g/mol. The van der Waals surface area contributed by atoms with Crippen molar-refractivity contribution in [2.45, 2.75) is 13.8 Å². The van der Waals surface area contributed by atoms with Gasteiger partial charge in [-0.05, 0) is 49.8 Å². The smallest absolute Gasteiger partial charge is 0.191 e. The van der Waals surface area contributed by atoms with Crippen LogP contribution in [0.5, 0.6) is 0 Å². The molecule has 0 aliphatic rings. The second-order valence-electron chi connectivity index (χ2n) is 4.31. The van der Waals surface area contributed by atoms with Gasteiger partial charge in [0.1, 0.15) is 0 Å². The number of hydrogen-bond donors (Lipinski definition) is 2. The fourth-order valence-electron chi connectivity index (χ4n) is 1.66. The van der Waals surface area contributed by atoms with E-state index in [0.29, 0.717) is 5.11 Å². The second-order valence-corrected chi connectivity index (χ2v) is 4.72.